The minimum absolute atomic E-state index is 0.143. The summed E-state index contributed by atoms with van der Waals surface area (Å²) in [5.41, 5.74) is 2.98. The molecule has 0 atom stereocenters. The van der Waals surface area contributed by atoms with Crippen molar-refractivity contribution in [2.75, 3.05) is 11.9 Å². The Kier molecular flexibility index (Phi) is 7.06. The van der Waals surface area contributed by atoms with Gasteiger partial charge in [0.05, 0.1) is 12.3 Å². The summed E-state index contributed by atoms with van der Waals surface area (Å²) in [6.07, 6.45) is 8.33. The van der Waals surface area contributed by atoms with Gasteiger partial charge >= 0.3 is 0 Å². The summed E-state index contributed by atoms with van der Waals surface area (Å²) in [7, 11) is 0. The van der Waals surface area contributed by atoms with Crippen LogP contribution in [0.3, 0.4) is 0 Å². The van der Waals surface area contributed by atoms with Gasteiger partial charge in [-0.2, -0.15) is 0 Å². The Bertz CT molecular complexity index is 900. The normalized spacial score (nSPS) is 10.9. The Hall–Kier alpha value is -2.82. The van der Waals surface area contributed by atoms with Gasteiger partial charge in [-0.1, -0.05) is 45.6 Å². The minimum atomic E-state index is -0.143. The number of rotatable bonds is 10. The van der Waals surface area contributed by atoms with Gasteiger partial charge < -0.3 is 10.1 Å². The van der Waals surface area contributed by atoms with E-state index < -0.39 is 0 Å². The number of nitrogens with zero attached hydrogens (tertiary/aromatic N) is 2. The van der Waals surface area contributed by atoms with Gasteiger partial charge in [0.25, 0.3) is 5.91 Å². The molecule has 0 bridgehead atoms. The number of aromatic nitrogens is 2. The van der Waals surface area contributed by atoms with Gasteiger partial charge in [-0.25, -0.2) is 4.98 Å². The molecule has 0 aliphatic carbocycles. The SMILES string of the molecule is CCCCCCOc1ccc(NC(=O)c2c(CCC)nc3ccccn23)cc1. The van der Waals surface area contributed by atoms with E-state index in [2.05, 4.69) is 24.1 Å². The van der Waals surface area contributed by atoms with E-state index in [1.165, 1.54) is 19.3 Å². The highest BCUT2D eigenvalue weighted by Gasteiger charge is 2.18. The van der Waals surface area contributed by atoms with E-state index in [0.717, 1.165) is 48.6 Å². The van der Waals surface area contributed by atoms with Gasteiger partial charge in [0.2, 0.25) is 0 Å². The van der Waals surface area contributed by atoms with Crippen LogP contribution in [0.2, 0.25) is 0 Å². The number of pyridine rings is 1. The summed E-state index contributed by atoms with van der Waals surface area (Å²) in [5, 5.41) is 2.99. The zero-order valence-electron chi connectivity index (χ0n) is 16.8. The number of carbonyl (C=O) groups is 1. The number of amides is 1. The first-order valence-corrected chi connectivity index (χ1v) is 10.2. The fraction of sp³-hybridized carbons (Fsp3) is 0.391. The van der Waals surface area contributed by atoms with E-state index >= 15 is 0 Å². The zero-order chi connectivity index (χ0) is 19.8. The van der Waals surface area contributed by atoms with Gasteiger partial charge in [-0.05, 0) is 49.2 Å². The molecule has 28 heavy (non-hydrogen) atoms. The number of nitrogens with one attached hydrogen (secondary N) is 1. The number of imidazole rings is 1. The molecular weight excluding hydrogens is 350 g/mol. The number of unbranched alkanes of at least 4 members (excludes halogenated alkanes) is 3. The number of hydrogen-bond acceptors (Lipinski definition) is 3. The van der Waals surface area contributed by atoms with Crippen LogP contribution >= 0.6 is 0 Å². The maximum atomic E-state index is 12.9. The van der Waals surface area contributed by atoms with E-state index in [9.17, 15) is 4.79 Å². The predicted molar refractivity (Wildman–Crippen MR) is 113 cm³/mol. The Morgan fingerprint density at radius 1 is 1.04 bits per heavy atom. The maximum absolute atomic E-state index is 12.9. The van der Waals surface area contributed by atoms with Crippen molar-refractivity contribution >= 4 is 17.2 Å². The van der Waals surface area contributed by atoms with Crippen molar-refractivity contribution in [3.05, 3.63) is 60.0 Å². The molecule has 1 amide bonds. The molecule has 0 unspecified atom stereocenters. The summed E-state index contributed by atoms with van der Waals surface area (Å²) in [4.78, 5) is 17.6. The van der Waals surface area contributed by atoms with E-state index in [0.29, 0.717) is 5.69 Å². The number of fused-ring (bicyclic) bond motifs is 1. The molecule has 2 heterocycles. The predicted octanol–water partition coefficient (Wildman–Crippen LogP) is 5.50. The molecule has 1 aromatic carbocycles. The summed E-state index contributed by atoms with van der Waals surface area (Å²) in [5.74, 6) is 0.686. The van der Waals surface area contributed by atoms with Crippen molar-refractivity contribution in [2.45, 2.75) is 52.4 Å². The van der Waals surface area contributed by atoms with E-state index in [1.807, 2.05) is 53.1 Å². The second-order valence-electron chi connectivity index (χ2n) is 6.97. The van der Waals surface area contributed by atoms with Crippen LogP contribution in [0.15, 0.2) is 48.7 Å². The molecule has 3 rings (SSSR count). The standard InChI is InChI=1S/C23H29N3O2/c1-3-5-6-9-17-28-19-14-12-18(13-15-19)24-23(27)22-20(10-4-2)25-21-11-7-8-16-26(21)22/h7-8,11-16H,3-6,9-10,17H2,1-2H3,(H,24,27). The Morgan fingerprint density at radius 3 is 2.61 bits per heavy atom. The monoisotopic (exact) mass is 379 g/mol. The molecule has 148 valence electrons. The van der Waals surface area contributed by atoms with Crippen molar-refractivity contribution in [3.63, 3.8) is 0 Å². The van der Waals surface area contributed by atoms with Gasteiger partial charge in [0.15, 0.2) is 0 Å². The molecule has 0 radical (unpaired) electrons. The van der Waals surface area contributed by atoms with Crippen molar-refractivity contribution in [1.29, 1.82) is 0 Å². The van der Waals surface area contributed by atoms with Crippen LogP contribution in [-0.2, 0) is 6.42 Å². The molecule has 1 N–H and O–H groups in total. The second kappa shape index (κ2) is 9.93. The van der Waals surface area contributed by atoms with Gasteiger partial charge in [0.1, 0.15) is 17.1 Å². The third-order valence-electron chi connectivity index (χ3n) is 4.68. The average Bonchev–Trinajstić information content (AvgIpc) is 3.07. The fourth-order valence-corrected chi connectivity index (χ4v) is 3.24. The largest absolute Gasteiger partial charge is 0.494 e. The first kappa shape index (κ1) is 19.9. The lowest BCUT2D eigenvalue weighted by Crippen LogP contribution is -2.16. The molecule has 0 saturated heterocycles. The highest BCUT2D eigenvalue weighted by atomic mass is 16.5. The molecule has 0 aliphatic heterocycles. The van der Waals surface area contributed by atoms with Crippen LogP contribution in [0.5, 0.6) is 5.75 Å². The molecule has 0 aliphatic rings. The Labute approximate surface area is 166 Å². The molecule has 5 heteroatoms. The Morgan fingerprint density at radius 2 is 1.86 bits per heavy atom. The quantitative estimate of drug-likeness (QED) is 0.473. The van der Waals surface area contributed by atoms with Gasteiger partial charge in [0, 0.05) is 11.9 Å². The van der Waals surface area contributed by atoms with Crippen LogP contribution in [0.25, 0.3) is 5.65 Å². The molecule has 3 aromatic rings. The number of carbonyl (C=O) groups excluding carboxylic acids is 1. The minimum Gasteiger partial charge on any atom is -0.494 e. The van der Waals surface area contributed by atoms with Crippen molar-refractivity contribution < 1.29 is 9.53 Å². The molecular formula is C23H29N3O2. The highest BCUT2D eigenvalue weighted by Crippen LogP contribution is 2.19. The van der Waals surface area contributed by atoms with Crippen LogP contribution in [0.4, 0.5) is 5.69 Å². The molecule has 0 spiro atoms. The average molecular weight is 380 g/mol. The summed E-state index contributed by atoms with van der Waals surface area (Å²) in [6, 6.07) is 13.3. The smallest absolute Gasteiger partial charge is 0.274 e. The number of hydrogen-bond donors (Lipinski definition) is 1. The van der Waals surface area contributed by atoms with Crippen LogP contribution < -0.4 is 10.1 Å². The first-order chi connectivity index (χ1) is 13.7. The summed E-state index contributed by atoms with van der Waals surface area (Å²) >= 11 is 0. The first-order valence-electron chi connectivity index (χ1n) is 10.2. The molecule has 2 aromatic heterocycles. The fourth-order valence-electron chi connectivity index (χ4n) is 3.24. The van der Waals surface area contributed by atoms with Crippen molar-refractivity contribution in [3.8, 4) is 5.75 Å². The van der Waals surface area contributed by atoms with E-state index in [-0.39, 0.29) is 5.91 Å². The van der Waals surface area contributed by atoms with Gasteiger partial charge in [-0.3, -0.25) is 9.20 Å². The van der Waals surface area contributed by atoms with Crippen molar-refractivity contribution in [1.82, 2.24) is 9.38 Å². The lowest BCUT2D eigenvalue weighted by molar-refractivity contribution is 0.102. The molecule has 0 saturated carbocycles. The molecule has 5 nitrogen and oxygen atoms in total. The second-order valence-corrected chi connectivity index (χ2v) is 6.97. The lowest BCUT2D eigenvalue weighted by Gasteiger charge is -2.09. The summed E-state index contributed by atoms with van der Waals surface area (Å²) in [6.45, 7) is 5.02. The van der Waals surface area contributed by atoms with Crippen LogP contribution in [0, 0.1) is 0 Å². The zero-order valence-corrected chi connectivity index (χ0v) is 16.8. The third kappa shape index (κ3) is 4.91. The number of benzene rings is 1. The number of anilines is 1. The lowest BCUT2D eigenvalue weighted by atomic mass is 10.2. The highest BCUT2D eigenvalue weighted by molar-refractivity contribution is 6.04. The van der Waals surface area contributed by atoms with E-state index in [1.54, 1.807) is 0 Å². The summed E-state index contributed by atoms with van der Waals surface area (Å²) < 4.78 is 7.62. The molecule has 0 fully saturated rings. The van der Waals surface area contributed by atoms with Crippen LogP contribution in [-0.4, -0.2) is 21.9 Å². The maximum Gasteiger partial charge on any atom is 0.274 e. The Balaban J connectivity index is 1.66. The topological polar surface area (TPSA) is 55.6 Å². The third-order valence-corrected chi connectivity index (χ3v) is 4.68. The number of aryl methyl sites for hydroxylation is 1. The van der Waals surface area contributed by atoms with Crippen molar-refractivity contribution in [2.24, 2.45) is 0 Å². The van der Waals surface area contributed by atoms with E-state index in [4.69, 9.17) is 4.74 Å². The number of ether oxygens (including phenoxy) is 1. The van der Waals surface area contributed by atoms with Gasteiger partial charge in [-0.15, -0.1) is 0 Å². The van der Waals surface area contributed by atoms with Crippen LogP contribution in [0.1, 0.15) is 62.1 Å².